The van der Waals surface area contributed by atoms with Crippen LogP contribution >= 0.6 is 11.8 Å². The number of hydrogen-bond donors (Lipinski definition) is 2. The molecule has 0 radical (unpaired) electrons. The summed E-state index contributed by atoms with van der Waals surface area (Å²) in [6.07, 6.45) is 9.80. The lowest BCUT2D eigenvalue weighted by Gasteiger charge is -2.58. The number of rotatable bonds is 19. The molecule has 0 aromatic heterocycles. The molecule has 0 spiro atoms. The Labute approximate surface area is 311 Å². The van der Waals surface area contributed by atoms with Gasteiger partial charge in [-0.3, -0.25) is 0 Å². The van der Waals surface area contributed by atoms with E-state index >= 15 is 0 Å². The average molecular weight is 730 g/mol. The number of halogens is 1. The molecule has 52 heavy (non-hydrogen) atoms. The molecule has 6 unspecified atom stereocenters. The molecule has 6 rings (SSSR count). The summed E-state index contributed by atoms with van der Waals surface area (Å²) in [4.78, 5) is 6.11. The predicted octanol–water partition coefficient (Wildman–Crippen LogP) is 8.99. The molecule has 9 heteroatoms. The minimum atomic E-state index is -1.00. The maximum Gasteiger partial charge on any atom is 0.230 e. The third-order valence-electron chi connectivity index (χ3n) is 10.6. The lowest BCUT2D eigenvalue weighted by molar-refractivity contribution is -0.223. The van der Waals surface area contributed by atoms with Crippen molar-refractivity contribution in [3.8, 4) is 11.5 Å². The Hall–Kier alpha value is -3.63. The van der Waals surface area contributed by atoms with Gasteiger partial charge in [0, 0.05) is 36.7 Å². The highest BCUT2D eigenvalue weighted by Gasteiger charge is 2.63. The van der Waals surface area contributed by atoms with E-state index < -0.39 is 5.79 Å². The molecule has 0 saturated heterocycles. The quantitative estimate of drug-likeness (QED) is 0.0724. The molecule has 1 saturated carbocycles. The summed E-state index contributed by atoms with van der Waals surface area (Å²) in [5.41, 5.74) is 4.57. The van der Waals surface area contributed by atoms with E-state index in [2.05, 4.69) is 25.6 Å². The van der Waals surface area contributed by atoms with Crippen molar-refractivity contribution in [1.29, 1.82) is 0 Å². The van der Waals surface area contributed by atoms with Crippen molar-refractivity contribution < 1.29 is 33.7 Å². The molecule has 0 bridgehead atoms. The van der Waals surface area contributed by atoms with Crippen LogP contribution in [0.3, 0.4) is 0 Å². The monoisotopic (exact) mass is 729 g/mol. The van der Waals surface area contributed by atoms with E-state index in [0.717, 1.165) is 72.4 Å². The van der Waals surface area contributed by atoms with Crippen molar-refractivity contribution >= 4 is 17.5 Å². The number of allylic oxidation sites excluding steroid dienone is 1. The lowest BCUT2D eigenvalue weighted by Crippen LogP contribution is -2.64. The molecule has 6 atom stereocenters. The summed E-state index contributed by atoms with van der Waals surface area (Å²) < 4.78 is 34.9. The van der Waals surface area contributed by atoms with Crippen molar-refractivity contribution in [3.05, 3.63) is 120 Å². The summed E-state index contributed by atoms with van der Waals surface area (Å²) in [5, 5.41) is 24.4. The van der Waals surface area contributed by atoms with Crippen molar-refractivity contribution in [2.24, 2.45) is 22.9 Å². The van der Waals surface area contributed by atoms with E-state index in [0.29, 0.717) is 30.9 Å². The molecule has 3 aromatic rings. The summed E-state index contributed by atoms with van der Waals surface area (Å²) in [5.74, 6) is 1.08. The molecule has 1 fully saturated rings. The first kappa shape index (κ1) is 38.1. The van der Waals surface area contributed by atoms with Gasteiger partial charge >= 0.3 is 0 Å². The molecule has 278 valence electrons. The standard InChI is InChI=1S/C43H52FNO6S/c1-3-24-49-43-40(52-4-2)27-38(45-50-28-30-14-6-5-7-15-30)35-25-31(16-10-12-22-46)34(18-11-13-23-47)41(42(35)43)36-26-33(20-21-39(36)51-43)48-29-32-17-8-9-19-37(32)44/h3,5-9,14-15,17,19-21,25-26,31,34,40-42,46-47H,1,4,10-13,16,18,22-24,27-29H2,2H3. The van der Waals surface area contributed by atoms with Gasteiger partial charge in [-0.15, -0.1) is 6.58 Å². The van der Waals surface area contributed by atoms with Gasteiger partial charge in [0.05, 0.1) is 23.5 Å². The van der Waals surface area contributed by atoms with Crippen LogP contribution in [-0.4, -0.2) is 52.5 Å². The van der Waals surface area contributed by atoms with Crippen LogP contribution < -0.4 is 9.47 Å². The van der Waals surface area contributed by atoms with Crippen molar-refractivity contribution in [2.45, 2.75) is 82.0 Å². The molecule has 2 N–H and O–H groups in total. The number of benzene rings is 3. The third-order valence-corrected chi connectivity index (χ3v) is 11.8. The molecule has 0 amide bonds. The van der Waals surface area contributed by atoms with Crippen LogP contribution in [0.2, 0.25) is 0 Å². The first-order valence-corrected chi connectivity index (χ1v) is 19.8. The zero-order chi connectivity index (χ0) is 36.3. The topological polar surface area (TPSA) is 89.7 Å². The second-order valence-corrected chi connectivity index (χ2v) is 15.3. The highest BCUT2D eigenvalue weighted by Crippen LogP contribution is 2.62. The van der Waals surface area contributed by atoms with Gasteiger partial charge in [-0.05, 0) is 78.7 Å². The van der Waals surface area contributed by atoms with Crippen LogP contribution in [0.5, 0.6) is 11.5 Å². The number of hydrogen-bond acceptors (Lipinski definition) is 8. The average Bonchev–Trinajstić information content (AvgIpc) is 3.16. The van der Waals surface area contributed by atoms with E-state index in [4.69, 9.17) is 24.2 Å². The van der Waals surface area contributed by atoms with Crippen molar-refractivity contribution in [3.63, 3.8) is 0 Å². The highest BCUT2D eigenvalue weighted by molar-refractivity contribution is 8.00. The Balaban J connectivity index is 1.48. The number of ether oxygens (including phenoxy) is 3. The Morgan fingerprint density at radius 2 is 1.75 bits per heavy atom. The number of oxime groups is 1. The van der Waals surface area contributed by atoms with E-state index in [1.165, 1.54) is 6.07 Å². The molecule has 2 aliphatic carbocycles. The number of nitrogens with zero attached hydrogens (tertiary/aromatic N) is 1. The van der Waals surface area contributed by atoms with E-state index in [-0.39, 0.29) is 54.6 Å². The number of aliphatic hydroxyl groups excluding tert-OH is 2. The second-order valence-electron chi connectivity index (χ2n) is 13.8. The molecule has 1 heterocycles. The number of unbranched alkanes of at least 4 members (excludes halogenated alkanes) is 2. The zero-order valence-electron chi connectivity index (χ0n) is 30.1. The molecule has 7 nitrogen and oxygen atoms in total. The van der Waals surface area contributed by atoms with Gasteiger partial charge in [-0.2, -0.15) is 11.8 Å². The van der Waals surface area contributed by atoms with E-state index in [9.17, 15) is 14.6 Å². The Morgan fingerprint density at radius 3 is 2.50 bits per heavy atom. The summed E-state index contributed by atoms with van der Waals surface area (Å²) in [7, 11) is 0. The summed E-state index contributed by atoms with van der Waals surface area (Å²) in [6, 6.07) is 22.7. The maximum absolute atomic E-state index is 14.6. The molecular weight excluding hydrogens is 678 g/mol. The molecule has 1 aliphatic heterocycles. The Morgan fingerprint density at radius 1 is 0.981 bits per heavy atom. The third kappa shape index (κ3) is 8.44. The fourth-order valence-corrected chi connectivity index (χ4v) is 9.48. The van der Waals surface area contributed by atoms with Gasteiger partial charge in [0.15, 0.2) is 0 Å². The summed E-state index contributed by atoms with van der Waals surface area (Å²) >= 11 is 1.82. The van der Waals surface area contributed by atoms with Gasteiger partial charge in [0.1, 0.15) is 30.5 Å². The maximum atomic E-state index is 14.6. The normalized spacial score (nSPS) is 25.4. The van der Waals surface area contributed by atoms with Gasteiger partial charge < -0.3 is 29.3 Å². The van der Waals surface area contributed by atoms with Crippen molar-refractivity contribution in [2.75, 3.05) is 25.6 Å². The van der Waals surface area contributed by atoms with Gasteiger partial charge in [-0.1, -0.05) is 85.6 Å². The van der Waals surface area contributed by atoms with Crippen LogP contribution in [0, 0.1) is 23.6 Å². The number of thioether (sulfide) groups is 1. The first-order valence-electron chi connectivity index (χ1n) is 18.7. The SMILES string of the molecule is C=CCOC12Oc3ccc(OCc4ccccc4F)cc3C3C(CCCCO)C(CCCCO)C=C(C(=NOCc4ccccc4)CC1SCC)C32. The first-order chi connectivity index (χ1) is 25.5. The molecule has 3 aromatic carbocycles. The van der Waals surface area contributed by atoms with E-state index in [1.807, 2.05) is 60.3 Å². The Bertz CT molecular complexity index is 1680. The predicted molar refractivity (Wildman–Crippen MR) is 205 cm³/mol. The molecule has 3 aliphatic rings. The van der Waals surface area contributed by atoms with Crippen LogP contribution in [-0.2, 0) is 22.8 Å². The van der Waals surface area contributed by atoms with Crippen LogP contribution in [0.15, 0.2) is 102 Å². The number of fused-ring (bicyclic) bond motifs is 2. The number of aliphatic hydroxyl groups is 2. The minimum Gasteiger partial charge on any atom is -0.489 e. The van der Waals surface area contributed by atoms with Crippen LogP contribution in [0.25, 0.3) is 0 Å². The molecular formula is C43H52FNO6S. The van der Waals surface area contributed by atoms with Crippen LogP contribution in [0.1, 0.15) is 74.5 Å². The highest BCUT2D eigenvalue weighted by atomic mass is 32.2. The smallest absolute Gasteiger partial charge is 0.230 e. The lowest BCUT2D eigenvalue weighted by atomic mass is 9.56. The fourth-order valence-electron chi connectivity index (χ4n) is 8.30. The van der Waals surface area contributed by atoms with Gasteiger partial charge in [0.25, 0.3) is 0 Å². The van der Waals surface area contributed by atoms with E-state index in [1.54, 1.807) is 18.2 Å². The second kappa shape index (κ2) is 18.4. The largest absolute Gasteiger partial charge is 0.489 e. The van der Waals surface area contributed by atoms with Gasteiger partial charge in [-0.25, -0.2) is 4.39 Å². The summed E-state index contributed by atoms with van der Waals surface area (Å²) in [6.45, 7) is 7.24. The minimum absolute atomic E-state index is 0.0389. The van der Waals surface area contributed by atoms with Crippen molar-refractivity contribution in [1.82, 2.24) is 0 Å². The Kier molecular flexibility index (Phi) is 13.5. The van der Waals surface area contributed by atoms with Gasteiger partial charge in [0.2, 0.25) is 5.79 Å². The fraction of sp³-hybridized carbons (Fsp3) is 0.465. The zero-order valence-corrected chi connectivity index (χ0v) is 30.9. The van der Waals surface area contributed by atoms with Crippen LogP contribution in [0.4, 0.5) is 4.39 Å².